The Morgan fingerprint density at radius 3 is 2.39 bits per heavy atom. The first-order chi connectivity index (χ1) is 14.6. The van der Waals surface area contributed by atoms with E-state index in [1.807, 2.05) is 6.92 Å². The van der Waals surface area contributed by atoms with Gasteiger partial charge in [-0.25, -0.2) is 8.42 Å². The highest BCUT2D eigenvalue weighted by molar-refractivity contribution is 7.89. The van der Waals surface area contributed by atoms with Crippen molar-refractivity contribution < 1.29 is 30.8 Å². The lowest BCUT2D eigenvalue weighted by Crippen LogP contribution is -2.31. The van der Waals surface area contributed by atoms with E-state index in [1.54, 1.807) is 36.4 Å². The van der Waals surface area contributed by atoms with Crippen molar-refractivity contribution in [3.05, 3.63) is 60.0 Å². The third-order valence-corrected chi connectivity index (χ3v) is 6.73. The Kier molecular flexibility index (Phi) is 5.48. The van der Waals surface area contributed by atoms with Crippen LogP contribution in [0.3, 0.4) is 0 Å². The lowest BCUT2D eigenvalue weighted by atomic mass is 10.2. The quantitative estimate of drug-likeness (QED) is 0.583. The average Bonchev–Trinajstić information content (AvgIpc) is 3.39. The van der Waals surface area contributed by atoms with Crippen molar-refractivity contribution in [3.63, 3.8) is 0 Å². The standard InChI is InChI=1S/C20H18F3N3O4S/c1-13-2-8-17(9-3-13)31(27,28)26-11-10-16(12-26)29-15-6-4-14(5-7-15)18-24-19(30-25-18)20(21,22)23/h2-9,16H,10-12H2,1H3. The summed E-state index contributed by atoms with van der Waals surface area (Å²) < 4.78 is 74.8. The minimum absolute atomic E-state index is 0.185. The molecule has 0 spiro atoms. The molecule has 0 amide bonds. The zero-order valence-corrected chi connectivity index (χ0v) is 17.2. The van der Waals surface area contributed by atoms with Gasteiger partial charge in [-0.05, 0) is 49.7 Å². The van der Waals surface area contributed by atoms with Crippen LogP contribution in [-0.4, -0.2) is 42.1 Å². The molecule has 2 aromatic carbocycles. The van der Waals surface area contributed by atoms with E-state index >= 15 is 0 Å². The topological polar surface area (TPSA) is 85.5 Å². The van der Waals surface area contributed by atoms with Crippen LogP contribution < -0.4 is 4.74 Å². The van der Waals surface area contributed by atoms with E-state index in [0.29, 0.717) is 24.3 Å². The van der Waals surface area contributed by atoms with Gasteiger partial charge in [-0.2, -0.15) is 22.5 Å². The van der Waals surface area contributed by atoms with Crippen LogP contribution >= 0.6 is 0 Å². The van der Waals surface area contributed by atoms with Gasteiger partial charge in [-0.1, -0.05) is 22.9 Å². The summed E-state index contributed by atoms with van der Waals surface area (Å²) in [5.74, 6) is -1.14. The minimum atomic E-state index is -4.71. The van der Waals surface area contributed by atoms with Gasteiger partial charge in [0.15, 0.2) is 0 Å². The van der Waals surface area contributed by atoms with Crippen molar-refractivity contribution in [2.75, 3.05) is 13.1 Å². The van der Waals surface area contributed by atoms with E-state index in [2.05, 4.69) is 14.7 Å². The summed E-state index contributed by atoms with van der Waals surface area (Å²) in [6, 6.07) is 12.8. The van der Waals surface area contributed by atoms with Crippen LogP contribution in [0.25, 0.3) is 11.4 Å². The summed E-state index contributed by atoms with van der Waals surface area (Å²) in [6.07, 6.45) is -4.53. The maximum atomic E-state index is 12.8. The van der Waals surface area contributed by atoms with Crippen molar-refractivity contribution in [1.82, 2.24) is 14.4 Å². The first-order valence-corrected chi connectivity index (χ1v) is 10.8. The zero-order valence-electron chi connectivity index (χ0n) is 16.3. The molecule has 4 rings (SSSR count). The van der Waals surface area contributed by atoms with E-state index in [-0.39, 0.29) is 23.4 Å². The summed E-state index contributed by atoms with van der Waals surface area (Å²) in [4.78, 5) is 3.58. The summed E-state index contributed by atoms with van der Waals surface area (Å²) in [6.45, 7) is 2.43. The number of aryl methyl sites for hydroxylation is 1. The molecule has 11 heteroatoms. The fourth-order valence-electron chi connectivity index (χ4n) is 3.20. The van der Waals surface area contributed by atoms with Crippen LogP contribution in [0.1, 0.15) is 17.9 Å². The van der Waals surface area contributed by atoms with Gasteiger partial charge < -0.3 is 9.26 Å². The van der Waals surface area contributed by atoms with Crippen molar-refractivity contribution in [2.45, 2.75) is 30.5 Å². The fourth-order valence-corrected chi connectivity index (χ4v) is 4.69. The largest absolute Gasteiger partial charge is 0.489 e. The van der Waals surface area contributed by atoms with Crippen molar-refractivity contribution in [3.8, 4) is 17.1 Å². The van der Waals surface area contributed by atoms with Gasteiger partial charge in [-0.3, -0.25) is 0 Å². The molecule has 1 saturated heterocycles. The lowest BCUT2D eigenvalue weighted by Gasteiger charge is -2.17. The van der Waals surface area contributed by atoms with Crippen LogP contribution in [0.2, 0.25) is 0 Å². The van der Waals surface area contributed by atoms with Gasteiger partial charge in [0.25, 0.3) is 0 Å². The first kappa shape index (κ1) is 21.3. The Labute approximate surface area is 176 Å². The highest BCUT2D eigenvalue weighted by atomic mass is 32.2. The second-order valence-electron chi connectivity index (χ2n) is 7.15. The molecule has 1 unspecified atom stereocenters. The second kappa shape index (κ2) is 7.97. The Morgan fingerprint density at radius 1 is 1.10 bits per heavy atom. The third kappa shape index (κ3) is 4.57. The maximum Gasteiger partial charge on any atom is 0.471 e. The van der Waals surface area contributed by atoms with Crippen molar-refractivity contribution in [1.29, 1.82) is 0 Å². The Bertz CT molecular complexity index is 1160. The van der Waals surface area contributed by atoms with Gasteiger partial charge in [0.05, 0.1) is 11.4 Å². The molecule has 7 nitrogen and oxygen atoms in total. The molecule has 1 aromatic heterocycles. The number of sulfonamides is 1. The van der Waals surface area contributed by atoms with Crippen LogP contribution in [-0.2, 0) is 16.2 Å². The molecule has 1 fully saturated rings. The van der Waals surface area contributed by atoms with E-state index < -0.39 is 22.1 Å². The van der Waals surface area contributed by atoms with Crippen molar-refractivity contribution >= 4 is 10.0 Å². The average molecular weight is 453 g/mol. The molecule has 3 aromatic rings. The number of ether oxygens (including phenoxy) is 1. The number of hydrogen-bond donors (Lipinski definition) is 0. The molecule has 1 aliphatic rings. The molecule has 31 heavy (non-hydrogen) atoms. The number of halogens is 3. The van der Waals surface area contributed by atoms with Gasteiger partial charge in [0.1, 0.15) is 11.9 Å². The molecule has 0 aliphatic carbocycles. The Balaban J connectivity index is 1.40. The smallest absolute Gasteiger partial charge is 0.471 e. The summed E-state index contributed by atoms with van der Waals surface area (Å²) in [5.41, 5.74) is 1.31. The Morgan fingerprint density at radius 2 is 1.77 bits per heavy atom. The number of nitrogens with zero attached hydrogens (tertiary/aromatic N) is 3. The number of alkyl halides is 3. The van der Waals surface area contributed by atoms with Crippen molar-refractivity contribution in [2.24, 2.45) is 0 Å². The molecule has 0 N–H and O–H groups in total. The molecular weight excluding hydrogens is 435 g/mol. The Hall–Kier alpha value is -2.92. The predicted octanol–water partition coefficient (Wildman–Crippen LogP) is 3.91. The molecule has 2 heterocycles. The summed E-state index contributed by atoms with van der Waals surface area (Å²) >= 11 is 0. The lowest BCUT2D eigenvalue weighted by molar-refractivity contribution is -0.159. The summed E-state index contributed by atoms with van der Waals surface area (Å²) in [7, 11) is -3.60. The van der Waals surface area contributed by atoms with E-state index in [4.69, 9.17) is 4.74 Å². The van der Waals surface area contributed by atoms with E-state index in [1.165, 1.54) is 16.4 Å². The van der Waals surface area contributed by atoms with E-state index in [0.717, 1.165) is 5.56 Å². The zero-order chi connectivity index (χ0) is 22.2. The van der Waals surface area contributed by atoms with Gasteiger partial charge >= 0.3 is 12.1 Å². The molecular formula is C20H18F3N3O4S. The van der Waals surface area contributed by atoms with Gasteiger partial charge in [0, 0.05) is 12.1 Å². The van der Waals surface area contributed by atoms with Crippen LogP contribution in [0.15, 0.2) is 57.9 Å². The molecule has 1 atom stereocenters. The number of hydrogen-bond acceptors (Lipinski definition) is 6. The molecule has 164 valence electrons. The SMILES string of the molecule is Cc1ccc(S(=O)(=O)N2CCC(Oc3ccc(-c4noc(C(F)(F)F)n4)cc3)C2)cc1. The van der Waals surface area contributed by atoms with E-state index in [9.17, 15) is 21.6 Å². The first-order valence-electron chi connectivity index (χ1n) is 9.38. The number of rotatable bonds is 5. The highest BCUT2D eigenvalue weighted by Gasteiger charge is 2.38. The van der Waals surface area contributed by atoms with Crippen LogP contribution in [0, 0.1) is 6.92 Å². The summed E-state index contributed by atoms with van der Waals surface area (Å²) in [5, 5.41) is 3.34. The molecule has 0 radical (unpaired) electrons. The highest BCUT2D eigenvalue weighted by Crippen LogP contribution is 2.30. The molecule has 1 aliphatic heterocycles. The predicted molar refractivity (Wildman–Crippen MR) is 104 cm³/mol. The van der Waals surface area contributed by atoms with Crippen LogP contribution in [0.4, 0.5) is 13.2 Å². The number of aromatic nitrogens is 2. The second-order valence-corrected chi connectivity index (χ2v) is 9.09. The van der Waals surface area contributed by atoms with Gasteiger partial charge in [0.2, 0.25) is 15.8 Å². The number of benzene rings is 2. The van der Waals surface area contributed by atoms with Gasteiger partial charge in [-0.15, -0.1) is 0 Å². The maximum absolute atomic E-state index is 12.8. The third-order valence-electron chi connectivity index (χ3n) is 4.85. The minimum Gasteiger partial charge on any atom is -0.489 e. The van der Waals surface area contributed by atoms with Crippen LogP contribution in [0.5, 0.6) is 5.75 Å². The molecule has 0 saturated carbocycles. The molecule has 0 bridgehead atoms. The normalized spacial score (nSPS) is 17.7. The monoisotopic (exact) mass is 453 g/mol. The fraction of sp³-hybridized carbons (Fsp3) is 0.300.